The second kappa shape index (κ2) is 4.13. The van der Waals surface area contributed by atoms with Crippen molar-refractivity contribution in [3.63, 3.8) is 0 Å². The molecule has 0 radical (unpaired) electrons. The van der Waals surface area contributed by atoms with E-state index in [1.54, 1.807) is 19.4 Å². The average Bonchev–Trinajstić information content (AvgIpc) is 2.89. The lowest BCUT2D eigenvalue weighted by Gasteiger charge is -2.36. The molecule has 96 valence electrons. The first kappa shape index (κ1) is 11.3. The van der Waals surface area contributed by atoms with Crippen LogP contribution in [0.5, 0.6) is 0 Å². The summed E-state index contributed by atoms with van der Waals surface area (Å²) in [5.41, 5.74) is 1.02. The molecule has 3 rings (SSSR count). The van der Waals surface area contributed by atoms with Crippen LogP contribution in [0.4, 0.5) is 0 Å². The normalized spacial score (nSPS) is 24.7. The number of fused-ring (bicyclic) bond motifs is 1. The number of piperazine rings is 1. The highest BCUT2D eigenvalue weighted by molar-refractivity contribution is 5.73. The van der Waals surface area contributed by atoms with Crippen molar-refractivity contribution in [1.82, 2.24) is 19.6 Å². The molecule has 3 heterocycles. The van der Waals surface area contributed by atoms with Gasteiger partial charge in [-0.1, -0.05) is 0 Å². The summed E-state index contributed by atoms with van der Waals surface area (Å²) < 4.78 is 7.14. The summed E-state index contributed by atoms with van der Waals surface area (Å²) in [5, 5.41) is 3.49. The Labute approximate surface area is 105 Å². The van der Waals surface area contributed by atoms with E-state index in [4.69, 9.17) is 4.42 Å². The molecule has 6 nitrogen and oxygen atoms in total. The Kier molecular flexibility index (Phi) is 2.59. The quantitative estimate of drug-likeness (QED) is 0.811. The second-order valence-corrected chi connectivity index (χ2v) is 4.78. The largest absolute Gasteiger partial charge is 0.432 e. The van der Waals surface area contributed by atoms with Crippen LogP contribution in [0, 0.1) is 0 Å². The summed E-state index contributed by atoms with van der Waals surface area (Å²) in [7, 11) is 0. The molecule has 1 aliphatic rings. The monoisotopic (exact) mass is 248 g/mol. The predicted octanol–water partition coefficient (Wildman–Crippen LogP) is 0.809. The van der Waals surface area contributed by atoms with Crippen molar-refractivity contribution < 1.29 is 9.21 Å². The maximum absolute atomic E-state index is 11.5. The van der Waals surface area contributed by atoms with Crippen molar-refractivity contribution in [2.75, 3.05) is 13.1 Å². The van der Waals surface area contributed by atoms with E-state index in [-0.39, 0.29) is 18.0 Å². The van der Waals surface area contributed by atoms with Gasteiger partial charge in [0.25, 0.3) is 0 Å². The molecular formula is C12H16N4O2. The van der Waals surface area contributed by atoms with Crippen LogP contribution in [0.1, 0.15) is 25.6 Å². The minimum Gasteiger partial charge on any atom is -0.432 e. The van der Waals surface area contributed by atoms with E-state index in [9.17, 15) is 4.79 Å². The van der Waals surface area contributed by atoms with Crippen molar-refractivity contribution in [2.45, 2.75) is 25.9 Å². The third-order valence-corrected chi connectivity index (χ3v) is 3.36. The lowest BCUT2D eigenvalue weighted by molar-refractivity contribution is -0.130. The van der Waals surface area contributed by atoms with Crippen LogP contribution >= 0.6 is 0 Å². The third kappa shape index (κ3) is 1.78. The van der Waals surface area contributed by atoms with E-state index >= 15 is 0 Å². The van der Waals surface area contributed by atoms with Crippen molar-refractivity contribution in [3.05, 3.63) is 24.4 Å². The van der Waals surface area contributed by atoms with Gasteiger partial charge in [-0.15, -0.1) is 0 Å². The molecule has 2 unspecified atom stereocenters. The van der Waals surface area contributed by atoms with E-state index in [0.717, 1.165) is 12.2 Å². The molecule has 0 spiro atoms. The number of nitrogens with zero attached hydrogens (tertiary/aromatic N) is 3. The van der Waals surface area contributed by atoms with E-state index in [1.807, 2.05) is 15.5 Å². The number of amides is 1. The van der Waals surface area contributed by atoms with Crippen molar-refractivity contribution in [2.24, 2.45) is 0 Å². The van der Waals surface area contributed by atoms with Crippen LogP contribution < -0.4 is 5.32 Å². The first-order valence-corrected chi connectivity index (χ1v) is 6.07. The molecule has 18 heavy (non-hydrogen) atoms. The highest BCUT2D eigenvalue weighted by Crippen LogP contribution is 2.21. The highest BCUT2D eigenvalue weighted by Gasteiger charge is 2.28. The topological polar surface area (TPSA) is 62.8 Å². The van der Waals surface area contributed by atoms with Gasteiger partial charge < -0.3 is 14.6 Å². The first-order chi connectivity index (χ1) is 8.65. The van der Waals surface area contributed by atoms with Crippen LogP contribution in [0.3, 0.4) is 0 Å². The van der Waals surface area contributed by atoms with Crippen molar-refractivity contribution >= 4 is 11.8 Å². The fourth-order valence-corrected chi connectivity index (χ4v) is 2.51. The number of carbonyl (C=O) groups excluding carboxylic acids is 1. The van der Waals surface area contributed by atoms with Gasteiger partial charge in [0.15, 0.2) is 0 Å². The fraction of sp³-hybridized carbons (Fsp3) is 0.500. The molecule has 2 aromatic heterocycles. The Morgan fingerprint density at radius 1 is 1.56 bits per heavy atom. The molecule has 0 aromatic carbocycles. The third-order valence-electron chi connectivity index (χ3n) is 3.36. The van der Waals surface area contributed by atoms with Gasteiger partial charge in [-0.2, -0.15) is 0 Å². The molecular weight excluding hydrogens is 232 g/mol. The molecule has 0 saturated carbocycles. The Morgan fingerprint density at radius 2 is 2.39 bits per heavy atom. The molecule has 1 N–H and O–H groups in total. The van der Waals surface area contributed by atoms with Gasteiger partial charge in [-0.25, -0.2) is 4.98 Å². The number of hydrogen-bond donors (Lipinski definition) is 1. The summed E-state index contributed by atoms with van der Waals surface area (Å²) in [6, 6.07) is 0.357. The SMILES string of the molecule is CC(=O)N1CC(C)NC(c2cnc3occn23)C1. The van der Waals surface area contributed by atoms with Gasteiger partial charge in [0, 0.05) is 32.3 Å². The van der Waals surface area contributed by atoms with E-state index in [2.05, 4.69) is 17.2 Å². The van der Waals surface area contributed by atoms with Crippen molar-refractivity contribution in [1.29, 1.82) is 0 Å². The number of carbonyl (C=O) groups is 1. The molecule has 1 amide bonds. The predicted molar refractivity (Wildman–Crippen MR) is 65.1 cm³/mol. The van der Waals surface area contributed by atoms with Crippen LogP contribution in [0.25, 0.3) is 5.84 Å². The number of oxazole rings is 1. The summed E-state index contributed by atoms with van der Waals surface area (Å²) in [5.74, 6) is 0.695. The van der Waals surface area contributed by atoms with E-state index < -0.39 is 0 Å². The Balaban J connectivity index is 1.91. The zero-order valence-electron chi connectivity index (χ0n) is 10.5. The van der Waals surface area contributed by atoms with Gasteiger partial charge >= 0.3 is 5.84 Å². The molecule has 6 heteroatoms. The number of imidazole rings is 1. The smallest absolute Gasteiger partial charge is 0.305 e. The summed E-state index contributed by atoms with van der Waals surface area (Å²) in [4.78, 5) is 17.6. The Bertz CT molecular complexity index is 573. The van der Waals surface area contributed by atoms with E-state index in [0.29, 0.717) is 12.4 Å². The van der Waals surface area contributed by atoms with Gasteiger partial charge in [-0.3, -0.25) is 9.20 Å². The molecule has 1 fully saturated rings. The Morgan fingerprint density at radius 3 is 3.17 bits per heavy atom. The van der Waals surface area contributed by atoms with Gasteiger partial charge in [-0.05, 0) is 6.92 Å². The average molecular weight is 248 g/mol. The van der Waals surface area contributed by atoms with Crippen LogP contribution in [0.15, 0.2) is 23.1 Å². The molecule has 1 saturated heterocycles. The fourth-order valence-electron chi connectivity index (χ4n) is 2.51. The maximum Gasteiger partial charge on any atom is 0.305 e. The zero-order chi connectivity index (χ0) is 12.7. The molecule has 2 aromatic rings. The molecule has 1 aliphatic heterocycles. The van der Waals surface area contributed by atoms with Crippen LogP contribution in [-0.4, -0.2) is 39.3 Å². The maximum atomic E-state index is 11.5. The zero-order valence-corrected chi connectivity index (χ0v) is 10.5. The molecule has 0 aliphatic carbocycles. The summed E-state index contributed by atoms with van der Waals surface area (Å²) >= 11 is 0. The Hall–Kier alpha value is -1.82. The summed E-state index contributed by atoms with van der Waals surface area (Å²) in [6.07, 6.45) is 5.25. The lowest BCUT2D eigenvalue weighted by Crippen LogP contribution is -2.52. The lowest BCUT2D eigenvalue weighted by atomic mass is 10.1. The number of hydrogen-bond acceptors (Lipinski definition) is 4. The van der Waals surface area contributed by atoms with Gasteiger partial charge in [0.05, 0.1) is 17.9 Å². The van der Waals surface area contributed by atoms with Gasteiger partial charge in [0.1, 0.15) is 6.26 Å². The van der Waals surface area contributed by atoms with Crippen LogP contribution in [-0.2, 0) is 4.79 Å². The first-order valence-electron chi connectivity index (χ1n) is 6.07. The minimum absolute atomic E-state index is 0.0882. The summed E-state index contributed by atoms with van der Waals surface area (Å²) in [6.45, 7) is 5.10. The molecule has 2 atom stereocenters. The second-order valence-electron chi connectivity index (χ2n) is 4.78. The van der Waals surface area contributed by atoms with E-state index in [1.165, 1.54) is 0 Å². The standard InChI is InChI=1S/C12H16N4O2/c1-8-6-15(9(2)17)7-10(14-8)11-5-13-12-16(11)3-4-18-12/h3-5,8,10,14H,6-7H2,1-2H3. The number of rotatable bonds is 1. The van der Waals surface area contributed by atoms with Gasteiger partial charge in [0.2, 0.25) is 5.91 Å². The van der Waals surface area contributed by atoms with Crippen LogP contribution in [0.2, 0.25) is 0 Å². The molecule has 0 bridgehead atoms. The minimum atomic E-state index is 0.0882. The number of nitrogens with one attached hydrogen (secondary N) is 1. The highest BCUT2D eigenvalue weighted by atomic mass is 16.3. The van der Waals surface area contributed by atoms with Crippen molar-refractivity contribution in [3.8, 4) is 0 Å². The number of aromatic nitrogens is 2.